The quantitative estimate of drug-likeness (QED) is 0.613. The Morgan fingerprint density at radius 3 is 2.11 bits per heavy atom. The molecule has 0 saturated heterocycles. The molecule has 2 rings (SSSR count). The molecule has 0 N–H and O–H groups in total. The molecule has 3 heteroatoms. The van der Waals surface area contributed by atoms with Crippen molar-refractivity contribution >= 4 is 16.7 Å². The van der Waals surface area contributed by atoms with Crippen molar-refractivity contribution in [3.63, 3.8) is 0 Å². The summed E-state index contributed by atoms with van der Waals surface area (Å²) in [6, 6.07) is 11.3. The molecule has 0 amide bonds. The second kappa shape index (κ2) is 5.08. The van der Waals surface area contributed by atoms with Crippen molar-refractivity contribution in [1.82, 2.24) is 0 Å². The van der Waals surface area contributed by atoms with Gasteiger partial charge in [-0.25, -0.2) is 0 Å². The summed E-state index contributed by atoms with van der Waals surface area (Å²) in [5.74, 6) is 0.969. The largest absolute Gasteiger partial charge is 0.496 e. The number of esters is 1. The molecule has 2 aromatic rings. The first kappa shape index (κ1) is 12.4. The van der Waals surface area contributed by atoms with Crippen LogP contribution in [-0.2, 0) is 4.79 Å². The Morgan fingerprint density at radius 1 is 1.00 bits per heavy atom. The minimum Gasteiger partial charge on any atom is -0.496 e. The number of methoxy groups -OCH3 is 1. The maximum Gasteiger partial charge on any atom is 0.313 e. The third kappa shape index (κ3) is 2.30. The van der Waals surface area contributed by atoms with Crippen LogP contribution in [0.2, 0.25) is 0 Å². The number of carbonyl (C=O) groups is 1. The van der Waals surface area contributed by atoms with E-state index in [-0.39, 0.29) is 11.9 Å². The van der Waals surface area contributed by atoms with Crippen LogP contribution >= 0.6 is 0 Å². The van der Waals surface area contributed by atoms with Gasteiger partial charge < -0.3 is 9.47 Å². The highest BCUT2D eigenvalue weighted by atomic mass is 16.5. The number of hydrogen-bond donors (Lipinski definition) is 0. The highest BCUT2D eigenvalue weighted by Crippen LogP contribution is 2.33. The molecule has 0 fully saturated rings. The van der Waals surface area contributed by atoms with E-state index in [1.807, 2.05) is 44.2 Å². The van der Waals surface area contributed by atoms with Crippen molar-refractivity contribution in [1.29, 1.82) is 0 Å². The monoisotopic (exact) mass is 244 g/mol. The van der Waals surface area contributed by atoms with Gasteiger partial charge in [0.25, 0.3) is 0 Å². The number of rotatable bonds is 3. The summed E-state index contributed by atoms with van der Waals surface area (Å²) in [5.41, 5.74) is 0. The lowest BCUT2D eigenvalue weighted by molar-refractivity contribution is -0.137. The van der Waals surface area contributed by atoms with Gasteiger partial charge in [-0.1, -0.05) is 38.1 Å². The average molecular weight is 244 g/mol. The highest BCUT2D eigenvalue weighted by Gasteiger charge is 2.13. The van der Waals surface area contributed by atoms with Gasteiger partial charge >= 0.3 is 5.97 Å². The summed E-state index contributed by atoms with van der Waals surface area (Å²) < 4.78 is 10.7. The number of carbonyl (C=O) groups excluding carboxylic acids is 1. The molecule has 2 aromatic carbocycles. The van der Waals surface area contributed by atoms with Gasteiger partial charge in [0.2, 0.25) is 0 Å². The molecule has 0 spiro atoms. The molecular weight excluding hydrogens is 228 g/mol. The number of fused-ring (bicyclic) bond motifs is 1. The first-order valence-corrected chi connectivity index (χ1v) is 5.91. The molecule has 0 atom stereocenters. The summed E-state index contributed by atoms with van der Waals surface area (Å²) in [5, 5.41) is 1.82. The van der Waals surface area contributed by atoms with E-state index in [4.69, 9.17) is 9.47 Å². The van der Waals surface area contributed by atoms with Crippen molar-refractivity contribution in [2.45, 2.75) is 13.8 Å². The third-order valence-corrected chi connectivity index (χ3v) is 2.75. The molecule has 0 aromatic heterocycles. The predicted octanol–water partition coefficient (Wildman–Crippen LogP) is 3.41. The summed E-state index contributed by atoms with van der Waals surface area (Å²) in [6.45, 7) is 3.63. The molecule has 0 bridgehead atoms. The van der Waals surface area contributed by atoms with Gasteiger partial charge in [-0.15, -0.1) is 0 Å². The van der Waals surface area contributed by atoms with Crippen LogP contribution in [0, 0.1) is 5.92 Å². The average Bonchev–Trinajstić information content (AvgIpc) is 2.39. The van der Waals surface area contributed by atoms with Crippen molar-refractivity contribution in [3.8, 4) is 11.5 Å². The fourth-order valence-electron chi connectivity index (χ4n) is 1.74. The Balaban J connectivity index is 2.49. The smallest absolute Gasteiger partial charge is 0.313 e. The van der Waals surface area contributed by atoms with Crippen LogP contribution in [0.3, 0.4) is 0 Å². The standard InChI is InChI=1S/C15H16O3/c1-10(2)15(16)18-14-9-8-13(17-3)11-6-4-5-7-12(11)14/h4-10H,1-3H3. The van der Waals surface area contributed by atoms with Crippen LogP contribution in [0.15, 0.2) is 36.4 Å². The number of hydrogen-bond acceptors (Lipinski definition) is 3. The molecule has 0 aliphatic heterocycles. The summed E-state index contributed by atoms with van der Waals surface area (Å²) >= 11 is 0. The second-order valence-corrected chi connectivity index (χ2v) is 4.39. The summed E-state index contributed by atoms with van der Waals surface area (Å²) in [6.07, 6.45) is 0. The first-order valence-electron chi connectivity index (χ1n) is 5.91. The van der Waals surface area contributed by atoms with Crippen molar-refractivity contribution in [3.05, 3.63) is 36.4 Å². The van der Waals surface area contributed by atoms with Gasteiger partial charge in [0, 0.05) is 10.8 Å². The van der Waals surface area contributed by atoms with Crippen LogP contribution in [-0.4, -0.2) is 13.1 Å². The molecule has 0 heterocycles. The molecule has 0 saturated carbocycles. The maximum absolute atomic E-state index is 11.7. The van der Waals surface area contributed by atoms with E-state index in [0.29, 0.717) is 5.75 Å². The zero-order valence-electron chi connectivity index (χ0n) is 10.8. The molecule has 0 radical (unpaired) electrons. The second-order valence-electron chi connectivity index (χ2n) is 4.39. The van der Waals surface area contributed by atoms with Crippen molar-refractivity contribution in [2.24, 2.45) is 5.92 Å². The van der Waals surface area contributed by atoms with Crippen LogP contribution in [0.4, 0.5) is 0 Å². The zero-order valence-corrected chi connectivity index (χ0v) is 10.8. The minimum atomic E-state index is -0.231. The lowest BCUT2D eigenvalue weighted by Gasteiger charge is -2.11. The maximum atomic E-state index is 11.7. The van der Waals surface area contributed by atoms with E-state index in [2.05, 4.69) is 0 Å². The van der Waals surface area contributed by atoms with Gasteiger partial charge in [-0.3, -0.25) is 4.79 Å². The molecule has 0 unspecified atom stereocenters. The number of ether oxygens (including phenoxy) is 2. The SMILES string of the molecule is COc1ccc(OC(=O)C(C)C)c2ccccc12. The third-order valence-electron chi connectivity index (χ3n) is 2.75. The lowest BCUT2D eigenvalue weighted by atomic mass is 10.1. The predicted molar refractivity (Wildman–Crippen MR) is 71.0 cm³/mol. The number of benzene rings is 2. The normalized spacial score (nSPS) is 10.7. The Morgan fingerprint density at radius 2 is 1.56 bits per heavy atom. The van der Waals surface area contributed by atoms with E-state index >= 15 is 0 Å². The molecule has 3 nitrogen and oxygen atoms in total. The van der Waals surface area contributed by atoms with Crippen LogP contribution in [0.1, 0.15) is 13.8 Å². The van der Waals surface area contributed by atoms with Gasteiger partial charge in [0.1, 0.15) is 11.5 Å². The van der Waals surface area contributed by atoms with E-state index < -0.39 is 0 Å². The van der Waals surface area contributed by atoms with Crippen LogP contribution in [0.5, 0.6) is 11.5 Å². The Hall–Kier alpha value is -2.03. The minimum absolute atomic E-state index is 0.147. The summed E-state index contributed by atoms with van der Waals surface area (Å²) in [7, 11) is 1.63. The summed E-state index contributed by atoms with van der Waals surface area (Å²) in [4.78, 5) is 11.7. The van der Waals surface area contributed by atoms with Crippen LogP contribution in [0.25, 0.3) is 10.8 Å². The van der Waals surface area contributed by atoms with Gasteiger partial charge in [-0.05, 0) is 12.1 Å². The van der Waals surface area contributed by atoms with E-state index in [9.17, 15) is 4.79 Å². The molecular formula is C15H16O3. The highest BCUT2D eigenvalue weighted by molar-refractivity contribution is 5.94. The van der Waals surface area contributed by atoms with Crippen molar-refractivity contribution < 1.29 is 14.3 Å². The van der Waals surface area contributed by atoms with Crippen LogP contribution < -0.4 is 9.47 Å². The molecule has 0 aliphatic carbocycles. The molecule has 18 heavy (non-hydrogen) atoms. The van der Waals surface area contributed by atoms with Gasteiger partial charge in [0.15, 0.2) is 0 Å². The van der Waals surface area contributed by atoms with Crippen molar-refractivity contribution in [2.75, 3.05) is 7.11 Å². The van der Waals surface area contributed by atoms with Gasteiger partial charge in [-0.2, -0.15) is 0 Å². The van der Waals surface area contributed by atoms with Gasteiger partial charge in [0.05, 0.1) is 13.0 Å². The Labute approximate surface area is 106 Å². The fraction of sp³-hybridized carbons (Fsp3) is 0.267. The zero-order chi connectivity index (χ0) is 13.1. The van der Waals surface area contributed by atoms with E-state index in [0.717, 1.165) is 16.5 Å². The topological polar surface area (TPSA) is 35.5 Å². The Bertz CT molecular complexity index is 573. The van der Waals surface area contributed by atoms with E-state index in [1.165, 1.54) is 0 Å². The Kier molecular flexibility index (Phi) is 3.51. The molecule has 94 valence electrons. The lowest BCUT2D eigenvalue weighted by Crippen LogP contribution is -2.14. The first-order chi connectivity index (χ1) is 8.63. The van der Waals surface area contributed by atoms with E-state index in [1.54, 1.807) is 13.2 Å². The molecule has 0 aliphatic rings. The fourth-order valence-corrected chi connectivity index (χ4v) is 1.74.